The molecule has 2 aromatic carbocycles. The molecule has 0 aliphatic carbocycles. The Morgan fingerprint density at radius 2 is 1.36 bits per heavy atom. The van der Waals surface area contributed by atoms with E-state index < -0.39 is 41.8 Å². The lowest BCUT2D eigenvalue weighted by atomic mass is 10.0. The molecule has 2 aromatic rings. The molecule has 0 aliphatic rings. The van der Waals surface area contributed by atoms with E-state index in [0.717, 1.165) is 11.1 Å². The summed E-state index contributed by atoms with van der Waals surface area (Å²) in [6, 6.07) is 15.2. The van der Waals surface area contributed by atoms with Gasteiger partial charge >= 0.3 is 5.97 Å². The highest BCUT2D eigenvalue weighted by Crippen LogP contribution is 2.06. The molecule has 0 saturated heterocycles. The van der Waals surface area contributed by atoms with Gasteiger partial charge in [-0.1, -0.05) is 60.7 Å². The highest BCUT2D eigenvalue weighted by atomic mass is 16.4. The first kappa shape index (κ1) is 28.5. The van der Waals surface area contributed by atoms with Gasteiger partial charge in [-0.3, -0.25) is 14.4 Å². The van der Waals surface area contributed by atoms with Crippen LogP contribution >= 0.6 is 0 Å². The topological polar surface area (TPSA) is 177 Å². The number of benzene rings is 2. The molecule has 0 heterocycles. The molecule has 10 heteroatoms. The summed E-state index contributed by atoms with van der Waals surface area (Å²) in [6.07, 6.45) is 1.88. The second kappa shape index (κ2) is 15.3. The van der Waals surface area contributed by atoms with Gasteiger partial charge in [0, 0.05) is 6.42 Å². The van der Waals surface area contributed by atoms with Crippen LogP contribution in [0.3, 0.4) is 0 Å². The number of unbranched alkanes of at least 4 members (excludes halogenated alkanes) is 1. The Kier molecular flexibility index (Phi) is 12.1. The smallest absolute Gasteiger partial charge is 0.326 e. The van der Waals surface area contributed by atoms with E-state index in [2.05, 4.69) is 16.0 Å². The molecule has 36 heavy (non-hydrogen) atoms. The average molecular weight is 498 g/mol. The molecule has 8 N–H and O–H groups in total. The lowest BCUT2D eigenvalue weighted by molar-refractivity contribution is -0.142. The molecule has 0 spiro atoms. The summed E-state index contributed by atoms with van der Waals surface area (Å²) in [6.45, 7) is 0.0533. The zero-order chi connectivity index (χ0) is 26.3. The number of rotatable bonds is 15. The largest absolute Gasteiger partial charge is 0.480 e. The number of carbonyl (C=O) groups is 4. The molecule has 0 bridgehead atoms. The Balaban J connectivity index is 1.93. The van der Waals surface area contributed by atoms with E-state index in [-0.39, 0.29) is 19.4 Å². The van der Waals surface area contributed by atoms with Crippen LogP contribution in [-0.2, 0) is 32.0 Å². The van der Waals surface area contributed by atoms with E-state index in [4.69, 9.17) is 11.5 Å². The molecule has 10 nitrogen and oxygen atoms in total. The van der Waals surface area contributed by atoms with Gasteiger partial charge in [0.15, 0.2) is 0 Å². The predicted molar refractivity (Wildman–Crippen MR) is 136 cm³/mol. The molecule has 0 aliphatic heterocycles. The summed E-state index contributed by atoms with van der Waals surface area (Å²) in [5.41, 5.74) is 13.1. The molecule has 3 amide bonds. The fourth-order valence-corrected chi connectivity index (χ4v) is 3.59. The van der Waals surface area contributed by atoms with Gasteiger partial charge in [0.05, 0.1) is 12.6 Å². The summed E-state index contributed by atoms with van der Waals surface area (Å²) in [5.74, 6) is -2.88. The van der Waals surface area contributed by atoms with Crippen molar-refractivity contribution in [1.82, 2.24) is 16.0 Å². The van der Waals surface area contributed by atoms with Crippen LogP contribution < -0.4 is 27.4 Å². The van der Waals surface area contributed by atoms with Gasteiger partial charge in [-0.2, -0.15) is 0 Å². The second-order valence-corrected chi connectivity index (χ2v) is 8.51. The van der Waals surface area contributed by atoms with Gasteiger partial charge in [0.1, 0.15) is 12.1 Å². The maximum absolute atomic E-state index is 12.9. The summed E-state index contributed by atoms with van der Waals surface area (Å²) in [7, 11) is 0. The van der Waals surface area contributed by atoms with Crippen molar-refractivity contribution in [3.63, 3.8) is 0 Å². The third-order valence-electron chi connectivity index (χ3n) is 5.55. The van der Waals surface area contributed by atoms with E-state index in [1.807, 2.05) is 36.4 Å². The third-order valence-corrected chi connectivity index (χ3v) is 5.55. The maximum Gasteiger partial charge on any atom is 0.326 e. The summed E-state index contributed by atoms with van der Waals surface area (Å²) in [5, 5.41) is 17.2. The highest BCUT2D eigenvalue weighted by molar-refractivity contribution is 5.92. The van der Waals surface area contributed by atoms with Gasteiger partial charge in [0.25, 0.3) is 0 Å². The van der Waals surface area contributed by atoms with Crippen LogP contribution in [0.5, 0.6) is 0 Å². The van der Waals surface area contributed by atoms with E-state index in [1.165, 1.54) is 0 Å². The number of carboxylic acids is 1. The fourth-order valence-electron chi connectivity index (χ4n) is 3.59. The number of carbonyl (C=O) groups excluding carboxylic acids is 3. The first-order chi connectivity index (χ1) is 17.3. The van der Waals surface area contributed by atoms with Crippen molar-refractivity contribution < 1.29 is 24.3 Å². The van der Waals surface area contributed by atoms with Crippen molar-refractivity contribution in [3.05, 3.63) is 71.8 Å². The molecule has 0 saturated carbocycles. The maximum atomic E-state index is 12.9. The van der Waals surface area contributed by atoms with Crippen LogP contribution in [0.25, 0.3) is 0 Å². The Hall–Kier alpha value is -3.76. The van der Waals surface area contributed by atoms with Gasteiger partial charge in [-0.25, -0.2) is 4.79 Å². The fraction of sp³-hybridized carbons (Fsp3) is 0.385. The number of nitrogens with one attached hydrogen (secondary N) is 3. The summed E-state index contributed by atoms with van der Waals surface area (Å²) < 4.78 is 0. The van der Waals surface area contributed by atoms with Crippen molar-refractivity contribution in [2.24, 2.45) is 11.5 Å². The van der Waals surface area contributed by atoms with E-state index in [9.17, 15) is 24.3 Å². The van der Waals surface area contributed by atoms with Crippen LogP contribution in [0, 0.1) is 0 Å². The van der Waals surface area contributed by atoms with Crippen LogP contribution in [-0.4, -0.2) is 60.0 Å². The van der Waals surface area contributed by atoms with Crippen molar-refractivity contribution in [2.75, 3.05) is 13.1 Å². The number of carboxylic acid groups (broad SMARTS) is 1. The quantitative estimate of drug-likeness (QED) is 0.189. The molecular formula is C26H35N5O5. The Labute approximate surface area is 210 Å². The third kappa shape index (κ3) is 10.2. The molecule has 2 rings (SSSR count). The normalized spacial score (nSPS) is 13.2. The predicted octanol–water partition coefficient (Wildman–Crippen LogP) is 0.0985. The van der Waals surface area contributed by atoms with E-state index in [1.54, 1.807) is 24.3 Å². The minimum atomic E-state index is -1.18. The molecule has 3 atom stereocenters. The molecule has 0 aromatic heterocycles. The first-order valence-corrected chi connectivity index (χ1v) is 11.9. The van der Waals surface area contributed by atoms with Crippen molar-refractivity contribution in [1.29, 1.82) is 0 Å². The number of aliphatic carboxylic acids is 1. The van der Waals surface area contributed by atoms with Crippen LogP contribution in [0.15, 0.2) is 60.7 Å². The van der Waals surface area contributed by atoms with E-state index in [0.29, 0.717) is 25.8 Å². The Morgan fingerprint density at radius 1 is 0.778 bits per heavy atom. The van der Waals surface area contributed by atoms with Crippen molar-refractivity contribution in [3.8, 4) is 0 Å². The lowest BCUT2D eigenvalue weighted by Gasteiger charge is -2.22. The zero-order valence-electron chi connectivity index (χ0n) is 20.2. The molecule has 194 valence electrons. The Morgan fingerprint density at radius 3 is 1.92 bits per heavy atom. The number of hydrogen-bond acceptors (Lipinski definition) is 6. The zero-order valence-corrected chi connectivity index (χ0v) is 20.2. The monoisotopic (exact) mass is 497 g/mol. The molecule has 0 fully saturated rings. The SMILES string of the molecule is NCCCCC(NC(=O)CNC(=O)C(N)Cc1ccccc1)C(=O)NC(Cc1ccccc1)C(=O)O. The van der Waals surface area contributed by atoms with Gasteiger partial charge in [-0.15, -0.1) is 0 Å². The summed E-state index contributed by atoms with van der Waals surface area (Å²) >= 11 is 0. The molecular weight excluding hydrogens is 462 g/mol. The van der Waals surface area contributed by atoms with Gasteiger partial charge < -0.3 is 32.5 Å². The van der Waals surface area contributed by atoms with Gasteiger partial charge in [0.2, 0.25) is 17.7 Å². The number of nitrogens with two attached hydrogens (primary N) is 2. The van der Waals surface area contributed by atoms with Crippen molar-refractivity contribution >= 4 is 23.7 Å². The minimum absolute atomic E-state index is 0.0980. The minimum Gasteiger partial charge on any atom is -0.480 e. The second-order valence-electron chi connectivity index (χ2n) is 8.51. The summed E-state index contributed by atoms with van der Waals surface area (Å²) in [4.78, 5) is 49.4. The van der Waals surface area contributed by atoms with E-state index >= 15 is 0 Å². The number of hydrogen-bond donors (Lipinski definition) is 6. The average Bonchev–Trinajstić information content (AvgIpc) is 2.87. The van der Waals surface area contributed by atoms with Gasteiger partial charge in [-0.05, 0) is 43.4 Å². The van der Waals surface area contributed by atoms with Crippen LogP contribution in [0.4, 0.5) is 0 Å². The molecule has 3 unspecified atom stereocenters. The van der Waals surface area contributed by atoms with Crippen molar-refractivity contribution in [2.45, 2.75) is 50.2 Å². The first-order valence-electron chi connectivity index (χ1n) is 11.9. The number of amides is 3. The molecule has 0 radical (unpaired) electrons. The highest BCUT2D eigenvalue weighted by Gasteiger charge is 2.27. The van der Waals surface area contributed by atoms with Crippen LogP contribution in [0.2, 0.25) is 0 Å². The van der Waals surface area contributed by atoms with Crippen LogP contribution in [0.1, 0.15) is 30.4 Å². The lowest BCUT2D eigenvalue weighted by Crippen LogP contribution is -2.54. The Bertz CT molecular complexity index is 987. The standard InChI is InChI=1S/C26H35N5O5/c27-14-8-7-13-21(25(34)31-22(26(35)36)16-19-11-5-2-6-12-19)30-23(32)17-29-24(33)20(28)15-18-9-3-1-4-10-18/h1-6,9-12,20-22H,7-8,13-17,27-28H2,(H,29,33)(H,30,32)(H,31,34)(H,35,36).